The maximum absolute atomic E-state index is 11.3. The molecule has 1 rings (SSSR count). The first-order valence-corrected chi connectivity index (χ1v) is 6.97. The van der Waals surface area contributed by atoms with E-state index in [4.69, 9.17) is 10.3 Å². The first-order valence-electron chi connectivity index (χ1n) is 5.01. The fraction of sp³-hybridized carbons (Fsp3) is 0.778. The fourth-order valence-electron chi connectivity index (χ4n) is 1.02. The Hall–Kier alpha value is -0.950. The molecule has 0 aliphatic carbocycles. The molecule has 2 atom stereocenters. The van der Waals surface area contributed by atoms with Crippen LogP contribution in [0, 0.1) is 5.92 Å². The Morgan fingerprint density at radius 1 is 1.31 bits per heavy atom. The normalized spacial score (nSPS) is 16.4. The van der Waals surface area contributed by atoms with Gasteiger partial charge in [-0.3, -0.25) is 0 Å². The molecule has 0 aliphatic rings. The number of nitrogens with two attached hydrogens (primary N) is 1. The van der Waals surface area contributed by atoms with Crippen LogP contribution in [-0.4, -0.2) is 24.8 Å². The Balaban J connectivity index is 2.96. The summed E-state index contributed by atoms with van der Waals surface area (Å²) in [5, 5.41) is 2.87. The van der Waals surface area contributed by atoms with E-state index in [0.29, 0.717) is 0 Å². The summed E-state index contributed by atoms with van der Waals surface area (Å²) in [6.45, 7) is 5.37. The molecule has 0 saturated carbocycles. The Morgan fingerprint density at radius 2 is 1.88 bits per heavy atom. The third-order valence-corrected chi connectivity index (χ3v) is 3.96. The van der Waals surface area contributed by atoms with Gasteiger partial charge in [-0.25, -0.2) is 8.42 Å². The molecule has 0 aliphatic heterocycles. The van der Waals surface area contributed by atoms with Gasteiger partial charge in [-0.15, -0.1) is 0 Å². The van der Waals surface area contributed by atoms with E-state index in [1.807, 2.05) is 13.8 Å². The summed E-state index contributed by atoms with van der Waals surface area (Å²) in [6.07, 6.45) is 1.13. The first kappa shape index (κ1) is 13.1. The van der Waals surface area contributed by atoms with Gasteiger partial charge in [0.15, 0.2) is 15.7 Å². The molecule has 1 heterocycles. The average molecular weight is 247 g/mol. The van der Waals surface area contributed by atoms with Crippen molar-refractivity contribution in [2.24, 2.45) is 11.7 Å². The minimum Gasteiger partial charge on any atom is -0.338 e. The van der Waals surface area contributed by atoms with Gasteiger partial charge in [0.1, 0.15) is 5.25 Å². The van der Waals surface area contributed by atoms with E-state index in [-0.39, 0.29) is 23.7 Å². The first-order chi connectivity index (χ1) is 7.23. The van der Waals surface area contributed by atoms with Crippen LogP contribution < -0.4 is 5.73 Å². The van der Waals surface area contributed by atoms with Gasteiger partial charge in [0.05, 0.1) is 6.04 Å². The van der Waals surface area contributed by atoms with Crippen LogP contribution in [0.25, 0.3) is 0 Å². The molecule has 0 fully saturated rings. The monoisotopic (exact) mass is 247 g/mol. The lowest BCUT2D eigenvalue weighted by Crippen LogP contribution is -2.17. The van der Waals surface area contributed by atoms with Crippen LogP contribution in [0.3, 0.4) is 0 Å². The summed E-state index contributed by atoms with van der Waals surface area (Å²) in [4.78, 5) is 4.02. The highest BCUT2D eigenvalue weighted by Crippen LogP contribution is 2.21. The van der Waals surface area contributed by atoms with Gasteiger partial charge in [0, 0.05) is 6.26 Å². The van der Waals surface area contributed by atoms with E-state index in [0.717, 1.165) is 6.26 Å². The number of aromatic nitrogens is 2. The zero-order valence-corrected chi connectivity index (χ0v) is 10.7. The van der Waals surface area contributed by atoms with Gasteiger partial charge in [0.25, 0.3) is 0 Å². The molecule has 7 heteroatoms. The topological polar surface area (TPSA) is 99.1 Å². The van der Waals surface area contributed by atoms with E-state index < -0.39 is 15.1 Å². The van der Waals surface area contributed by atoms with Crippen molar-refractivity contribution >= 4 is 9.84 Å². The molecule has 2 N–H and O–H groups in total. The highest BCUT2D eigenvalue weighted by Gasteiger charge is 2.25. The molecule has 0 radical (unpaired) electrons. The molecule has 6 nitrogen and oxygen atoms in total. The Kier molecular flexibility index (Phi) is 3.69. The number of rotatable bonds is 4. The second kappa shape index (κ2) is 4.50. The highest BCUT2D eigenvalue weighted by atomic mass is 32.2. The molecule has 0 saturated heterocycles. The molecule has 0 bridgehead atoms. The van der Waals surface area contributed by atoms with E-state index in [1.165, 1.54) is 6.92 Å². The van der Waals surface area contributed by atoms with Crippen LogP contribution in [0.5, 0.6) is 0 Å². The van der Waals surface area contributed by atoms with Gasteiger partial charge in [0.2, 0.25) is 5.89 Å². The molecular formula is C9H17N3O3S. The van der Waals surface area contributed by atoms with Crippen molar-refractivity contribution in [1.29, 1.82) is 0 Å². The summed E-state index contributed by atoms with van der Waals surface area (Å²) >= 11 is 0. The zero-order valence-electron chi connectivity index (χ0n) is 9.84. The molecular weight excluding hydrogens is 230 g/mol. The molecule has 1 unspecified atom stereocenters. The largest absolute Gasteiger partial charge is 0.338 e. The molecule has 92 valence electrons. The van der Waals surface area contributed by atoms with E-state index >= 15 is 0 Å². The average Bonchev–Trinajstić information content (AvgIpc) is 2.62. The standard InChI is InChI=1S/C9H17N3O3S/c1-5(2)7(10)9-11-8(12-15-9)6(3)16(4,13)14/h5-7H,10H2,1-4H3/t6?,7-/m1/s1. The predicted octanol–water partition coefficient (Wildman–Crippen LogP) is 0.831. The summed E-state index contributed by atoms with van der Waals surface area (Å²) in [5.41, 5.74) is 5.81. The lowest BCUT2D eigenvalue weighted by Gasteiger charge is -2.09. The molecule has 0 aromatic carbocycles. The van der Waals surface area contributed by atoms with Crippen LogP contribution in [0.15, 0.2) is 4.52 Å². The predicted molar refractivity (Wildman–Crippen MR) is 59.3 cm³/mol. The SMILES string of the molecule is CC(C)[C@@H](N)c1nc(C(C)S(C)(=O)=O)no1. The maximum Gasteiger partial charge on any atom is 0.243 e. The van der Waals surface area contributed by atoms with E-state index in [2.05, 4.69) is 10.1 Å². The number of sulfone groups is 1. The Labute approximate surface area is 95.1 Å². The molecule has 16 heavy (non-hydrogen) atoms. The van der Waals surface area contributed by atoms with Crippen LogP contribution in [0.4, 0.5) is 0 Å². The van der Waals surface area contributed by atoms with Gasteiger partial charge < -0.3 is 10.3 Å². The van der Waals surface area contributed by atoms with Gasteiger partial charge in [-0.2, -0.15) is 4.98 Å². The summed E-state index contributed by atoms with van der Waals surface area (Å²) in [7, 11) is -3.21. The Bertz CT molecular complexity index is 452. The molecule has 0 spiro atoms. The summed E-state index contributed by atoms with van der Waals surface area (Å²) in [5.74, 6) is 0.593. The van der Waals surface area contributed by atoms with Crippen molar-refractivity contribution in [1.82, 2.24) is 10.1 Å². The third kappa shape index (κ3) is 2.79. The second-order valence-corrected chi connectivity index (χ2v) is 6.60. The highest BCUT2D eigenvalue weighted by molar-refractivity contribution is 7.90. The number of hydrogen-bond donors (Lipinski definition) is 1. The molecule has 1 aromatic rings. The minimum atomic E-state index is -3.21. The smallest absolute Gasteiger partial charge is 0.243 e. The van der Waals surface area contributed by atoms with Gasteiger partial charge in [-0.1, -0.05) is 19.0 Å². The van der Waals surface area contributed by atoms with Crippen LogP contribution in [0.1, 0.15) is 43.8 Å². The van der Waals surface area contributed by atoms with E-state index in [1.54, 1.807) is 0 Å². The second-order valence-electron chi connectivity index (χ2n) is 4.23. The lowest BCUT2D eigenvalue weighted by atomic mass is 10.1. The van der Waals surface area contributed by atoms with Crippen molar-refractivity contribution in [2.45, 2.75) is 32.1 Å². The quantitative estimate of drug-likeness (QED) is 0.846. The number of nitrogens with zero attached hydrogens (tertiary/aromatic N) is 2. The van der Waals surface area contributed by atoms with Gasteiger partial charge >= 0.3 is 0 Å². The number of hydrogen-bond acceptors (Lipinski definition) is 6. The van der Waals surface area contributed by atoms with Crippen LogP contribution in [0.2, 0.25) is 0 Å². The van der Waals surface area contributed by atoms with Crippen molar-refractivity contribution < 1.29 is 12.9 Å². The van der Waals surface area contributed by atoms with Crippen LogP contribution >= 0.6 is 0 Å². The van der Waals surface area contributed by atoms with Crippen molar-refractivity contribution in [3.05, 3.63) is 11.7 Å². The molecule has 1 aromatic heterocycles. The van der Waals surface area contributed by atoms with E-state index in [9.17, 15) is 8.42 Å². The molecule has 0 amide bonds. The zero-order chi connectivity index (χ0) is 12.5. The summed E-state index contributed by atoms with van der Waals surface area (Å²) in [6, 6.07) is -0.368. The lowest BCUT2D eigenvalue weighted by molar-refractivity contribution is 0.322. The van der Waals surface area contributed by atoms with Crippen molar-refractivity contribution in [2.75, 3.05) is 6.26 Å². The van der Waals surface area contributed by atoms with Crippen LogP contribution in [-0.2, 0) is 9.84 Å². The van der Waals surface area contributed by atoms with Crippen molar-refractivity contribution in [3.63, 3.8) is 0 Å². The van der Waals surface area contributed by atoms with Crippen molar-refractivity contribution in [3.8, 4) is 0 Å². The summed E-state index contributed by atoms with van der Waals surface area (Å²) < 4.78 is 27.5. The third-order valence-electron chi connectivity index (χ3n) is 2.47. The van der Waals surface area contributed by atoms with Gasteiger partial charge in [-0.05, 0) is 12.8 Å². The fourth-order valence-corrected chi connectivity index (χ4v) is 1.50. The Morgan fingerprint density at radius 3 is 2.31 bits per heavy atom. The minimum absolute atomic E-state index is 0.154. The maximum atomic E-state index is 11.3.